The molecule has 1 aliphatic rings. The van der Waals surface area contributed by atoms with Crippen molar-refractivity contribution in [3.63, 3.8) is 0 Å². The molecule has 0 unspecified atom stereocenters. The maximum absolute atomic E-state index is 14.1. The van der Waals surface area contributed by atoms with E-state index in [1.54, 1.807) is 25.1 Å². The van der Waals surface area contributed by atoms with Crippen molar-refractivity contribution in [1.29, 1.82) is 5.26 Å². The average Bonchev–Trinajstić information content (AvgIpc) is 3.20. The maximum atomic E-state index is 14.1. The molecule has 0 saturated carbocycles. The van der Waals surface area contributed by atoms with E-state index in [0.717, 1.165) is 19.6 Å². The zero-order valence-corrected chi connectivity index (χ0v) is 18.8. The number of aromatic nitrogens is 3. The first kappa shape index (κ1) is 22.4. The first-order valence-corrected chi connectivity index (χ1v) is 10.8. The van der Waals surface area contributed by atoms with E-state index in [-0.39, 0.29) is 23.4 Å². The lowest BCUT2D eigenvalue weighted by atomic mass is 10.0. The highest BCUT2D eigenvalue weighted by atomic mass is 19.1. The molecule has 1 aromatic carbocycles. The van der Waals surface area contributed by atoms with Crippen molar-refractivity contribution in [1.82, 2.24) is 24.6 Å². The van der Waals surface area contributed by atoms with Gasteiger partial charge in [-0.15, -0.1) is 0 Å². The van der Waals surface area contributed by atoms with Gasteiger partial charge < -0.3 is 10.0 Å². The maximum Gasteiger partial charge on any atom is 0.255 e. The fourth-order valence-electron chi connectivity index (χ4n) is 4.18. The second kappa shape index (κ2) is 9.00. The summed E-state index contributed by atoms with van der Waals surface area (Å²) >= 11 is 0. The standard InChI is InChI=1S/C24H25FN6O2/c1-4-29-7-8-30(16(3)14-29)23(32)17-5-6-22(27-12-17)31-24(33)20(13-28-31)19-10-21(25)18(11-26)9-15(19)2/h5-6,9-10,12-13,16,33H,4,7-8,14H2,1-3H3/t16-/m0/s1. The Morgan fingerprint density at radius 1 is 1.27 bits per heavy atom. The third-order valence-corrected chi connectivity index (χ3v) is 6.10. The zero-order valence-electron chi connectivity index (χ0n) is 18.8. The Labute approximate surface area is 191 Å². The Morgan fingerprint density at radius 3 is 2.70 bits per heavy atom. The van der Waals surface area contributed by atoms with Gasteiger partial charge in [0.05, 0.1) is 22.9 Å². The van der Waals surface area contributed by atoms with Gasteiger partial charge in [0.15, 0.2) is 5.82 Å². The van der Waals surface area contributed by atoms with Crippen molar-refractivity contribution in [3.05, 3.63) is 59.2 Å². The van der Waals surface area contributed by atoms with E-state index in [1.807, 2.05) is 11.8 Å². The molecule has 1 aliphatic heterocycles. The van der Waals surface area contributed by atoms with Crippen LogP contribution in [0, 0.1) is 24.1 Å². The summed E-state index contributed by atoms with van der Waals surface area (Å²) in [6.07, 6.45) is 2.89. The molecule has 1 fully saturated rings. The van der Waals surface area contributed by atoms with E-state index in [9.17, 15) is 14.3 Å². The molecule has 1 saturated heterocycles. The number of likely N-dealkylation sites (N-methyl/N-ethyl adjacent to an activating group) is 1. The van der Waals surface area contributed by atoms with E-state index in [0.29, 0.717) is 34.6 Å². The molecule has 0 aliphatic carbocycles. The number of nitrogens with zero attached hydrogens (tertiary/aromatic N) is 6. The summed E-state index contributed by atoms with van der Waals surface area (Å²) in [6.45, 7) is 9.20. The number of aryl methyl sites for hydroxylation is 1. The zero-order chi connectivity index (χ0) is 23.7. The van der Waals surface area contributed by atoms with E-state index in [4.69, 9.17) is 5.26 Å². The fraction of sp³-hybridized carbons (Fsp3) is 0.333. The molecule has 1 atom stereocenters. The molecule has 2 aromatic heterocycles. The van der Waals surface area contributed by atoms with Gasteiger partial charge in [-0.3, -0.25) is 9.69 Å². The largest absolute Gasteiger partial charge is 0.493 e. The predicted molar refractivity (Wildman–Crippen MR) is 120 cm³/mol. The van der Waals surface area contributed by atoms with Crippen LogP contribution in [0.1, 0.15) is 35.3 Å². The lowest BCUT2D eigenvalue weighted by Crippen LogP contribution is -2.53. The SMILES string of the molecule is CCN1CCN(C(=O)c2ccc(-n3ncc(-c4cc(F)c(C#N)cc4C)c3O)nc2)[C@@H](C)C1. The molecule has 1 amide bonds. The summed E-state index contributed by atoms with van der Waals surface area (Å²) in [7, 11) is 0. The number of piperazine rings is 1. The number of amides is 1. The van der Waals surface area contributed by atoms with Crippen molar-refractivity contribution in [2.75, 3.05) is 26.2 Å². The van der Waals surface area contributed by atoms with Crippen LogP contribution in [0.2, 0.25) is 0 Å². The second-order valence-electron chi connectivity index (χ2n) is 8.20. The summed E-state index contributed by atoms with van der Waals surface area (Å²) in [5, 5.41) is 23.9. The molecule has 4 rings (SSSR count). The second-order valence-corrected chi connectivity index (χ2v) is 8.20. The lowest BCUT2D eigenvalue weighted by molar-refractivity contribution is 0.0499. The Bertz CT molecular complexity index is 1230. The lowest BCUT2D eigenvalue weighted by Gasteiger charge is -2.39. The average molecular weight is 449 g/mol. The summed E-state index contributed by atoms with van der Waals surface area (Å²) < 4.78 is 15.4. The van der Waals surface area contributed by atoms with Crippen LogP contribution in [0.15, 0.2) is 36.7 Å². The molecule has 3 heterocycles. The molecule has 0 spiro atoms. The number of hydrogen-bond acceptors (Lipinski definition) is 6. The van der Waals surface area contributed by atoms with Gasteiger partial charge in [-0.2, -0.15) is 15.0 Å². The number of aromatic hydroxyl groups is 1. The Balaban J connectivity index is 1.57. The highest BCUT2D eigenvalue weighted by molar-refractivity contribution is 5.94. The number of halogens is 1. The van der Waals surface area contributed by atoms with Gasteiger partial charge >= 0.3 is 0 Å². The first-order chi connectivity index (χ1) is 15.8. The van der Waals surface area contributed by atoms with Gasteiger partial charge in [-0.1, -0.05) is 6.92 Å². The predicted octanol–water partition coefficient (Wildman–Crippen LogP) is 3.13. The number of carbonyl (C=O) groups excluding carboxylic acids is 1. The third-order valence-electron chi connectivity index (χ3n) is 6.10. The number of hydrogen-bond donors (Lipinski definition) is 1. The van der Waals surface area contributed by atoms with Crippen LogP contribution in [-0.4, -0.2) is 67.8 Å². The number of nitriles is 1. The van der Waals surface area contributed by atoms with Gasteiger partial charge in [-0.05, 0) is 55.8 Å². The Kier molecular flexibility index (Phi) is 6.11. The minimum atomic E-state index is -0.666. The van der Waals surface area contributed by atoms with E-state index in [1.165, 1.54) is 29.2 Å². The molecule has 9 heteroatoms. The quantitative estimate of drug-likeness (QED) is 0.659. The van der Waals surface area contributed by atoms with E-state index >= 15 is 0 Å². The first-order valence-electron chi connectivity index (χ1n) is 10.8. The molecular formula is C24H25FN6O2. The fourth-order valence-corrected chi connectivity index (χ4v) is 4.18. The minimum Gasteiger partial charge on any atom is -0.493 e. The van der Waals surface area contributed by atoms with Crippen molar-refractivity contribution in [2.24, 2.45) is 0 Å². The minimum absolute atomic E-state index is 0.0597. The normalized spacial score (nSPS) is 16.6. The number of carbonyl (C=O) groups is 1. The summed E-state index contributed by atoms with van der Waals surface area (Å²) in [4.78, 5) is 21.5. The van der Waals surface area contributed by atoms with Crippen LogP contribution in [-0.2, 0) is 0 Å². The molecular weight excluding hydrogens is 423 g/mol. The van der Waals surface area contributed by atoms with Gasteiger partial charge in [0.25, 0.3) is 5.91 Å². The topological polar surface area (TPSA) is 98.3 Å². The van der Waals surface area contributed by atoms with Crippen molar-refractivity contribution in [3.8, 4) is 28.9 Å². The Morgan fingerprint density at radius 2 is 2.06 bits per heavy atom. The van der Waals surface area contributed by atoms with Gasteiger partial charge in [0.1, 0.15) is 11.9 Å². The molecule has 8 nitrogen and oxygen atoms in total. The van der Waals surface area contributed by atoms with Gasteiger partial charge in [0, 0.05) is 31.9 Å². The van der Waals surface area contributed by atoms with Crippen LogP contribution in [0.5, 0.6) is 5.88 Å². The molecule has 170 valence electrons. The highest BCUT2D eigenvalue weighted by Crippen LogP contribution is 2.34. The van der Waals surface area contributed by atoms with Crippen LogP contribution >= 0.6 is 0 Å². The highest BCUT2D eigenvalue weighted by Gasteiger charge is 2.27. The van der Waals surface area contributed by atoms with Gasteiger partial charge in [0.2, 0.25) is 5.88 Å². The molecule has 1 N–H and O–H groups in total. The van der Waals surface area contributed by atoms with Crippen LogP contribution in [0.25, 0.3) is 16.9 Å². The van der Waals surface area contributed by atoms with Crippen molar-refractivity contribution >= 4 is 5.91 Å². The summed E-state index contributed by atoms with van der Waals surface area (Å²) in [5.41, 5.74) is 1.79. The third kappa shape index (κ3) is 4.17. The number of rotatable bonds is 4. The summed E-state index contributed by atoms with van der Waals surface area (Å²) in [5.74, 6) is -0.629. The van der Waals surface area contributed by atoms with Crippen LogP contribution in [0.4, 0.5) is 4.39 Å². The van der Waals surface area contributed by atoms with Gasteiger partial charge in [-0.25, -0.2) is 9.37 Å². The molecule has 0 radical (unpaired) electrons. The number of benzene rings is 1. The van der Waals surface area contributed by atoms with Crippen molar-refractivity contribution < 1.29 is 14.3 Å². The smallest absolute Gasteiger partial charge is 0.255 e. The molecule has 33 heavy (non-hydrogen) atoms. The van der Waals surface area contributed by atoms with Crippen LogP contribution in [0.3, 0.4) is 0 Å². The van der Waals surface area contributed by atoms with E-state index in [2.05, 4.69) is 21.9 Å². The Hall–Kier alpha value is -3.77. The monoisotopic (exact) mass is 448 g/mol. The van der Waals surface area contributed by atoms with E-state index < -0.39 is 5.82 Å². The van der Waals surface area contributed by atoms with Crippen LogP contribution < -0.4 is 0 Å². The summed E-state index contributed by atoms with van der Waals surface area (Å²) in [6, 6.07) is 7.84. The molecule has 3 aromatic rings. The van der Waals surface area contributed by atoms with Crippen molar-refractivity contribution in [2.45, 2.75) is 26.8 Å². The molecule has 0 bridgehead atoms. The number of pyridine rings is 1.